The van der Waals surface area contributed by atoms with Gasteiger partial charge in [-0.3, -0.25) is 4.79 Å². The molecule has 0 N–H and O–H groups in total. The fourth-order valence-electron chi connectivity index (χ4n) is 1.89. The number of ketones is 1. The largest absolute Gasteiger partial charge is 0.454 e. The molecule has 4 nitrogen and oxygen atoms in total. The summed E-state index contributed by atoms with van der Waals surface area (Å²) in [6, 6.07) is 3.94. The Morgan fingerprint density at radius 3 is 2.65 bits per heavy atom. The quantitative estimate of drug-likeness (QED) is 0.801. The van der Waals surface area contributed by atoms with E-state index in [2.05, 4.69) is 4.90 Å². The molecule has 0 bridgehead atoms. The highest BCUT2D eigenvalue weighted by atomic mass is 16.7. The van der Waals surface area contributed by atoms with Crippen LogP contribution in [0.5, 0.6) is 11.5 Å². The van der Waals surface area contributed by atoms with Crippen LogP contribution in [0.25, 0.3) is 0 Å². The van der Waals surface area contributed by atoms with Crippen LogP contribution in [0.3, 0.4) is 0 Å². The van der Waals surface area contributed by atoms with Crippen molar-refractivity contribution in [3.63, 3.8) is 0 Å². The van der Waals surface area contributed by atoms with Gasteiger partial charge < -0.3 is 14.4 Å². The van der Waals surface area contributed by atoms with E-state index < -0.39 is 0 Å². The van der Waals surface area contributed by atoms with Gasteiger partial charge in [-0.15, -0.1) is 0 Å². The molecule has 0 amide bonds. The summed E-state index contributed by atoms with van der Waals surface area (Å²) in [6.45, 7) is 4.65. The lowest BCUT2D eigenvalue weighted by Gasteiger charge is -2.21. The Morgan fingerprint density at radius 1 is 1.35 bits per heavy atom. The van der Waals surface area contributed by atoms with E-state index >= 15 is 0 Å². The van der Waals surface area contributed by atoms with E-state index in [0.717, 1.165) is 29.3 Å². The Kier molecular flexibility index (Phi) is 3.22. The highest BCUT2D eigenvalue weighted by molar-refractivity contribution is 5.76. The maximum Gasteiger partial charge on any atom is 0.231 e. The van der Waals surface area contributed by atoms with Gasteiger partial charge in [0.25, 0.3) is 0 Å². The van der Waals surface area contributed by atoms with Crippen LogP contribution in [-0.4, -0.2) is 26.2 Å². The first kappa shape index (κ1) is 11.8. The van der Waals surface area contributed by atoms with Crippen LogP contribution in [0.15, 0.2) is 12.1 Å². The number of carbonyl (C=O) groups excluding carboxylic acids is 1. The molecule has 1 aromatic rings. The third-order valence-electron chi connectivity index (χ3n) is 2.90. The zero-order chi connectivity index (χ0) is 12.4. The van der Waals surface area contributed by atoms with Crippen molar-refractivity contribution in [3.05, 3.63) is 17.7 Å². The lowest BCUT2D eigenvalue weighted by atomic mass is 10.1. The number of benzene rings is 1. The van der Waals surface area contributed by atoms with Gasteiger partial charge in [-0.05, 0) is 25.5 Å². The number of hydrogen-bond donors (Lipinski definition) is 0. The number of anilines is 1. The molecular weight excluding hydrogens is 218 g/mol. The van der Waals surface area contributed by atoms with Crippen LogP contribution >= 0.6 is 0 Å². The first-order chi connectivity index (χ1) is 8.08. The molecule has 92 valence electrons. The lowest BCUT2D eigenvalue weighted by Crippen LogP contribution is -2.21. The van der Waals surface area contributed by atoms with Gasteiger partial charge in [0.1, 0.15) is 5.78 Å². The standard InChI is InChI=1S/C13H17NO3/c1-9-6-12-13(17-8-16-12)7-11(9)14(3)5-4-10(2)15/h6-7H,4-5,8H2,1-3H3. The topological polar surface area (TPSA) is 38.8 Å². The minimum atomic E-state index is 0.204. The zero-order valence-corrected chi connectivity index (χ0v) is 10.4. The maximum atomic E-state index is 11.0. The van der Waals surface area contributed by atoms with Gasteiger partial charge in [0.05, 0.1) is 0 Å². The van der Waals surface area contributed by atoms with E-state index in [9.17, 15) is 4.79 Å². The minimum absolute atomic E-state index is 0.204. The Hall–Kier alpha value is -1.71. The normalized spacial score (nSPS) is 12.6. The minimum Gasteiger partial charge on any atom is -0.454 e. The first-order valence-electron chi connectivity index (χ1n) is 5.69. The second-order valence-electron chi connectivity index (χ2n) is 4.37. The van der Waals surface area contributed by atoms with Gasteiger partial charge in [-0.1, -0.05) is 0 Å². The SMILES string of the molecule is CC(=O)CCN(C)c1cc2c(cc1C)OCO2. The van der Waals surface area contributed by atoms with Gasteiger partial charge >= 0.3 is 0 Å². The average molecular weight is 235 g/mol. The van der Waals surface area contributed by atoms with E-state index in [1.165, 1.54) is 0 Å². The Bertz CT molecular complexity index is 443. The van der Waals surface area contributed by atoms with Gasteiger partial charge in [-0.25, -0.2) is 0 Å². The molecule has 0 aromatic heterocycles. The molecule has 4 heteroatoms. The number of nitrogens with zero attached hydrogens (tertiary/aromatic N) is 1. The molecule has 0 atom stereocenters. The van der Waals surface area contributed by atoms with Crippen LogP contribution in [0.1, 0.15) is 18.9 Å². The number of carbonyl (C=O) groups is 1. The Morgan fingerprint density at radius 2 is 2.00 bits per heavy atom. The zero-order valence-electron chi connectivity index (χ0n) is 10.4. The van der Waals surface area contributed by atoms with Crippen molar-refractivity contribution in [2.75, 3.05) is 25.3 Å². The van der Waals surface area contributed by atoms with Gasteiger partial charge in [-0.2, -0.15) is 0 Å². The van der Waals surface area contributed by atoms with Gasteiger partial charge in [0, 0.05) is 31.8 Å². The highest BCUT2D eigenvalue weighted by Crippen LogP contribution is 2.37. The summed E-state index contributed by atoms with van der Waals surface area (Å²) in [5.41, 5.74) is 2.20. The number of ether oxygens (including phenoxy) is 2. The van der Waals surface area contributed by atoms with Crippen molar-refractivity contribution in [2.45, 2.75) is 20.3 Å². The molecule has 0 unspecified atom stereocenters. The lowest BCUT2D eigenvalue weighted by molar-refractivity contribution is -0.116. The first-order valence-corrected chi connectivity index (χ1v) is 5.69. The van der Waals surface area contributed by atoms with Crippen molar-refractivity contribution < 1.29 is 14.3 Å². The fourth-order valence-corrected chi connectivity index (χ4v) is 1.89. The smallest absolute Gasteiger partial charge is 0.231 e. The summed E-state index contributed by atoms with van der Waals surface area (Å²) in [5.74, 6) is 1.78. The predicted molar refractivity (Wildman–Crippen MR) is 65.9 cm³/mol. The highest BCUT2D eigenvalue weighted by Gasteiger charge is 2.17. The molecule has 0 fully saturated rings. The van der Waals surface area contributed by atoms with E-state index in [1.54, 1.807) is 6.92 Å². The molecule has 1 aromatic carbocycles. The Balaban J connectivity index is 2.17. The van der Waals surface area contributed by atoms with Crippen LogP contribution in [0, 0.1) is 6.92 Å². The fraction of sp³-hybridized carbons (Fsp3) is 0.462. The number of hydrogen-bond acceptors (Lipinski definition) is 4. The van der Waals surface area contributed by atoms with Crippen molar-refractivity contribution in [2.24, 2.45) is 0 Å². The van der Waals surface area contributed by atoms with E-state index in [-0.39, 0.29) is 12.6 Å². The molecule has 1 aliphatic rings. The van der Waals surface area contributed by atoms with Crippen LogP contribution in [0.2, 0.25) is 0 Å². The summed E-state index contributed by atoms with van der Waals surface area (Å²) in [6.07, 6.45) is 0.560. The van der Waals surface area contributed by atoms with E-state index in [1.807, 2.05) is 26.1 Å². The number of aryl methyl sites for hydroxylation is 1. The molecule has 0 saturated heterocycles. The molecule has 1 heterocycles. The summed E-state index contributed by atoms with van der Waals surface area (Å²) in [4.78, 5) is 13.0. The Labute approximate surface area is 101 Å². The van der Waals surface area contributed by atoms with Crippen molar-refractivity contribution in [1.82, 2.24) is 0 Å². The van der Waals surface area contributed by atoms with Crippen LogP contribution < -0.4 is 14.4 Å². The molecular formula is C13H17NO3. The molecule has 0 aliphatic carbocycles. The summed E-state index contributed by atoms with van der Waals surface area (Å²) in [7, 11) is 1.98. The number of Topliss-reactive ketones (excluding diaryl/α,β-unsaturated/α-hetero) is 1. The van der Waals surface area contributed by atoms with Crippen molar-refractivity contribution in [3.8, 4) is 11.5 Å². The molecule has 0 radical (unpaired) electrons. The van der Waals surface area contributed by atoms with Crippen molar-refractivity contribution >= 4 is 11.5 Å². The number of rotatable bonds is 4. The molecule has 17 heavy (non-hydrogen) atoms. The molecule has 0 spiro atoms. The van der Waals surface area contributed by atoms with Crippen molar-refractivity contribution in [1.29, 1.82) is 0 Å². The third-order valence-corrected chi connectivity index (χ3v) is 2.90. The van der Waals surface area contributed by atoms with E-state index in [0.29, 0.717) is 6.42 Å². The van der Waals surface area contributed by atoms with E-state index in [4.69, 9.17) is 9.47 Å². The second kappa shape index (κ2) is 4.65. The number of fused-ring (bicyclic) bond motifs is 1. The molecule has 2 rings (SSSR count). The predicted octanol–water partition coefficient (Wildman–Crippen LogP) is 2.14. The van der Waals surface area contributed by atoms with Crippen LogP contribution in [-0.2, 0) is 4.79 Å². The van der Waals surface area contributed by atoms with Crippen LogP contribution in [0.4, 0.5) is 5.69 Å². The van der Waals surface area contributed by atoms with Gasteiger partial charge in [0.15, 0.2) is 11.5 Å². The maximum absolute atomic E-state index is 11.0. The second-order valence-corrected chi connectivity index (χ2v) is 4.37. The summed E-state index contributed by atoms with van der Waals surface area (Å²) < 4.78 is 10.7. The molecule has 0 saturated carbocycles. The summed E-state index contributed by atoms with van der Waals surface area (Å²) >= 11 is 0. The average Bonchev–Trinajstić information content (AvgIpc) is 2.71. The molecule has 1 aliphatic heterocycles. The monoisotopic (exact) mass is 235 g/mol. The summed E-state index contributed by atoms with van der Waals surface area (Å²) in [5, 5.41) is 0. The third kappa shape index (κ3) is 2.52. The van der Waals surface area contributed by atoms with Gasteiger partial charge in [0.2, 0.25) is 6.79 Å².